The molecule has 1 aliphatic heterocycles. The van der Waals surface area contributed by atoms with Gasteiger partial charge < -0.3 is 10.2 Å². The Hall–Kier alpha value is -2.14. The SMILES string of the molecule is Cc1ccc(CNC(=O)C2CN(C(=O)c3cccs3)C2)cc1. The summed E-state index contributed by atoms with van der Waals surface area (Å²) in [5, 5.41) is 4.83. The van der Waals surface area contributed by atoms with E-state index in [0.29, 0.717) is 19.6 Å². The fraction of sp³-hybridized carbons (Fsp3) is 0.294. The van der Waals surface area contributed by atoms with Crippen LogP contribution in [0.5, 0.6) is 0 Å². The van der Waals surface area contributed by atoms with Crippen LogP contribution in [0.3, 0.4) is 0 Å². The lowest BCUT2D eigenvalue weighted by Gasteiger charge is -2.37. The van der Waals surface area contributed by atoms with Crippen LogP contribution in [0.15, 0.2) is 41.8 Å². The number of carbonyl (C=O) groups is 2. The molecule has 3 rings (SSSR count). The Morgan fingerprint density at radius 1 is 1.23 bits per heavy atom. The van der Waals surface area contributed by atoms with E-state index in [-0.39, 0.29) is 17.7 Å². The van der Waals surface area contributed by atoms with Crippen LogP contribution in [0, 0.1) is 12.8 Å². The molecule has 0 saturated carbocycles. The molecule has 0 bridgehead atoms. The van der Waals surface area contributed by atoms with E-state index in [1.165, 1.54) is 16.9 Å². The highest BCUT2D eigenvalue weighted by Crippen LogP contribution is 2.21. The van der Waals surface area contributed by atoms with E-state index < -0.39 is 0 Å². The predicted molar refractivity (Wildman–Crippen MR) is 86.7 cm³/mol. The normalized spacial score (nSPS) is 14.5. The molecule has 1 aromatic heterocycles. The van der Waals surface area contributed by atoms with Crippen molar-refractivity contribution in [2.45, 2.75) is 13.5 Å². The van der Waals surface area contributed by atoms with E-state index in [0.717, 1.165) is 10.4 Å². The number of hydrogen-bond donors (Lipinski definition) is 1. The first-order chi connectivity index (χ1) is 10.6. The molecule has 1 aromatic carbocycles. The zero-order valence-electron chi connectivity index (χ0n) is 12.4. The van der Waals surface area contributed by atoms with Gasteiger partial charge in [0.1, 0.15) is 0 Å². The Kier molecular flexibility index (Phi) is 4.24. The van der Waals surface area contributed by atoms with Crippen molar-refractivity contribution in [1.29, 1.82) is 0 Å². The van der Waals surface area contributed by atoms with Crippen molar-refractivity contribution in [3.63, 3.8) is 0 Å². The molecule has 114 valence electrons. The van der Waals surface area contributed by atoms with Crippen molar-refractivity contribution >= 4 is 23.2 Å². The highest BCUT2D eigenvalue weighted by Gasteiger charge is 2.36. The van der Waals surface area contributed by atoms with Crippen LogP contribution in [0.4, 0.5) is 0 Å². The lowest BCUT2D eigenvalue weighted by Crippen LogP contribution is -2.55. The highest BCUT2D eigenvalue weighted by molar-refractivity contribution is 7.12. The van der Waals surface area contributed by atoms with Gasteiger partial charge >= 0.3 is 0 Å². The second kappa shape index (κ2) is 6.32. The van der Waals surface area contributed by atoms with Gasteiger partial charge in [-0.25, -0.2) is 0 Å². The van der Waals surface area contributed by atoms with Gasteiger partial charge in [-0.3, -0.25) is 9.59 Å². The minimum Gasteiger partial charge on any atom is -0.352 e. The van der Waals surface area contributed by atoms with E-state index in [1.54, 1.807) is 4.90 Å². The maximum atomic E-state index is 12.1. The third-order valence-electron chi connectivity index (χ3n) is 3.86. The molecule has 1 fully saturated rings. The molecule has 4 nitrogen and oxygen atoms in total. The van der Waals surface area contributed by atoms with Crippen LogP contribution >= 0.6 is 11.3 Å². The average Bonchev–Trinajstić information content (AvgIpc) is 2.99. The highest BCUT2D eigenvalue weighted by atomic mass is 32.1. The summed E-state index contributed by atoms with van der Waals surface area (Å²) < 4.78 is 0. The van der Waals surface area contributed by atoms with Crippen molar-refractivity contribution < 1.29 is 9.59 Å². The largest absolute Gasteiger partial charge is 0.352 e. The first kappa shape index (κ1) is 14.8. The van der Waals surface area contributed by atoms with Crippen molar-refractivity contribution in [2.75, 3.05) is 13.1 Å². The van der Waals surface area contributed by atoms with Crippen LogP contribution in [-0.2, 0) is 11.3 Å². The van der Waals surface area contributed by atoms with E-state index in [2.05, 4.69) is 5.32 Å². The molecule has 22 heavy (non-hydrogen) atoms. The second-order valence-corrected chi connectivity index (χ2v) is 6.54. The Morgan fingerprint density at radius 3 is 2.59 bits per heavy atom. The fourth-order valence-electron chi connectivity index (χ4n) is 2.41. The minimum absolute atomic E-state index is 0.0239. The molecule has 0 spiro atoms. The van der Waals surface area contributed by atoms with E-state index in [4.69, 9.17) is 0 Å². The van der Waals surface area contributed by atoms with Crippen LogP contribution in [0.25, 0.3) is 0 Å². The van der Waals surface area contributed by atoms with Gasteiger partial charge in [0.15, 0.2) is 0 Å². The summed E-state index contributed by atoms with van der Waals surface area (Å²) in [6.45, 7) is 3.59. The van der Waals surface area contributed by atoms with Crippen LogP contribution in [0.2, 0.25) is 0 Å². The lowest BCUT2D eigenvalue weighted by molar-refractivity contribution is -0.129. The minimum atomic E-state index is -0.0886. The third-order valence-corrected chi connectivity index (χ3v) is 4.72. The Morgan fingerprint density at radius 2 is 1.95 bits per heavy atom. The number of likely N-dealkylation sites (tertiary alicyclic amines) is 1. The van der Waals surface area contributed by atoms with Gasteiger partial charge in [-0.2, -0.15) is 0 Å². The van der Waals surface area contributed by atoms with Crippen LogP contribution < -0.4 is 5.32 Å². The fourth-order valence-corrected chi connectivity index (χ4v) is 3.10. The molecule has 5 heteroatoms. The molecule has 1 saturated heterocycles. The number of rotatable bonds is 4. The van der Waals surface area contributed by atoms with Gasteiger partial charge in [0, 0.05) is 19.6 Å². The van der Waals surface area contributed by atoms with Gasteiger partial charge in [-0.15, -0.1) is 11.3 Å². The molecule has 2 heterocycles. The lowest BCUT2D eigenvalue weighted by atomic mass is 9.98. The first-order valence-electron chi connectivity index (χ1n) is 7.29. The molecule has 2 amide bonds. The number of hydrogen-bond acceptors (Lipinski definition) is 3. The smallest absolute Gasteiger partial charge is 0.263 e. The van der Waals surface area contributed by atoms with Gasteiger partial charge in [0.05, 0.1) is 10.8 Å². The standard InChI is InChI=1S/C17H18N2O2S/c1-12-4-6-13(7-5-12)9-18-16(20)14-10-19(11-14)17(21)15-3-2-8-22-15/h2-8,14H,9-11H2,1H3,(H,18,20). The Balaban J connectivity index is 1.45. The zero-order valence-corrected chi connectivity index (χ0v) is 13.2. The van der Waals surface area contributed by atoms with Gasteiger partial charge in [0.25, 0.3) is 5.91 Å². The van der Waals surface area contributed by atoms with Crippen LogP contribution in [-0.4, -0.2) is 29.8 Å². The van der Waals surface area contributed by atoms with Gasteiger partial charge in [-0.1, -0.05) is 35.9 Å². The van der Waals surface area contributed by atoms with E-state index >= 15 is 0 Å². The molecule has 0 unspecified atom stereocenters. The summed E-state index contributed by atoms with van der Waals surface area (Å²) >= 11 is 1.44. The number of nitrogens with zero attached hydrogens (tertiary/aromatic N) is 1. The molecular weight excluding hydrogens is 296 g/mol. The summed E-state index contributed by atoms with van der Waals surface area (Å²) in [6, 6.07) is 11.8. The van der Waals surface area contributed by atoms with E-state index in [1.807, 2.05) is 48.7 Å². The van der Waals surface area contributed by atoms with Crippen molar-refractivity contribution in [3.8, 4) is 0 Å². The number of amides is 2. The molecule has 1 aliphatic rings. The number of nitrogens with one attached hydrogen (secondary N) is 1. The van der Waals surface area contributed by atoms with Crippen molar-refractivity contribution in [3.05, 3.63) is 57.8 Å². The molecule has 0 aliphatic carbocycles. The van der Waals surface area contributed by atoms with Crippen molar-refractivity contribution in [2.24, 2.45) is 5.92 Å². The average molecular weight is 314 g/mol. The Bertz CT molecular complexity index is 658. The molecule has 2 aromatic rings. The summed E-state index contributed by atoms with van der Waals surface area (Å²) in [5.41, 5.74) is 2.29. The molecular formula is C17H18N2O2S. The Labute approximate surface area is 133 Å². The van der Waals surface area contributed by atoms with E-state index in [9.17, 15) is 9.59 Å². The molecule has 0 radical (unpaired) electrons. The summed E-state index contributed by atoms with van der Waals surface area (Å²) in [6.07, 6.45) is 0. The topological polar surface area (TPSA) is 49.4 Å². The number of benzene rings is 1. The number of carbonyl (C=O) groups excluding carboxylic acids is 2. The van der Waals surface area contributed by atoms with Gasteiger partial charge in [0.2, 0.25) is 5.91 Å². The monoisotopic (exact) mass is 314 g/mol. The predicted octanol–water partition coefficient (Wildman–Crippen LogP) is 2.44. The zero-order chi connectivity index (χ0) is 15.5. The summed E-state index contributed by atoms with van der Waals surface area (Å²) in [7, 11) is 0. The number of thiophene rings is 1. The second-order valence-electron chi connectivity index (χ2n) is 5.59. The maximum absolute atomic E-state index is 12.1. The van der Waals surface area contributed by atoms with Gasteiger partial charge in [-0.05, 0) is 23.9 Å². The maximum Gasteiger partial charge on any atom is 0.263 e. The first-order valence-corrected chi connectivity index (χ1v) is 8.17. The molecule has 1 N–H and O–H groups in total. The quantitative estimate of drug-likeness (QED) is 0.942. The number of aryl methyl sites for hydroxylation is 1. The molecule has 0 atom stereocenters. The van der Waals surface area contributed by atoms with Crippen LogP contribution in [0.1, 0.15) is 20.8 Å². The van der Waals surface area contributed by atoms with Crippen molar-refractivity contribution in [1.82, 2.24) is 10.2 Å². The summed E-state index contributed by atoms with van der Waals surface area (Å²) in [5.74, 6) is -0.0391. The third kappa shape index (κ3) is 3.20. The summed E-state index contributed by atoms with van der Waals surface area (Å²) in [4.78, 5) is 26.6.